The van der Waals surface area contributed by atoms with Gasteiger partial charge in [0.05, 0.1) is 11.4 Å². The predicted molar refractivity (Wildman–Crippen MR) is 146 cm³/mol. The van der Waals surface area contributed by atoms with Crippen LogP contribution in [0.1, 0.15) is 41.6 Å². The highest BCUT2D eigenvalue weighted by molar-refractivity contribution is 6.07. The van der Waals surface area contributed by atoms with Crippen LogP contribution in [0, 0.1) is 5.92 Å². The van der Waals surface area contributed by atoms with Crippen molar-refractivity contribution in [3.8, 4) is 0 Å². The highest BCUT2D eigenvalue weighted by Crippen LogP contribution is 2.41. The van der Waals surface area contributed by atoms with Gasteiger partial charge in [0.2, 0.25) is 0 Å². The molecule has 4 heteroatoms. The second-order valence-corrected chi connectivity index (χ2v) is 9.20. The van der Waals surface area contributed by atoms with Gasteiger partial charge in [-0.05, 0) is 49.1 Å². The maximum Gasteiger partial charge on any atom is 0.199 e. The van der Waals surface area contributed by atoms with E-state index in [2.05, 4.69) is 0 Å². The second-order valence-electron chi connectivity index (χ2n) is 9.20. The lowest BCUT2D eigenvalue weighted by Gasteiger charge is -2.39. The summed E-state index contributed by atoms with van der Waals surface area (Å²) < 4.78 is 0. The number of rotatable bonds is 7. The number of anilines is 2. The minimum Gasteiger partial charge on any atom is -0.376 e. The van der Waals surface area contributed by atoms with E-state index in [9.17, 15) is 9.90 Å². The van der Waals surface area contributed by atoms with Gasteiger partial charge in [-0.2, -0.15) is 5.10 Å². The summed E-state index contributed by atoms with van der Waals surface area (Å²) in [6.45, 7) is 0. The Morgan fingerprint density at radius 1 is 0.722 bits per heavy atom. The minimum atomic E-state index is -1.72. The van der Waals surface area contributed by atoms with Crippen LogP contribution in [-0.2, 0) is 5.60 Å². The molecule has 0 spiro atoms. The van der Waals surface area contributed by atoms with Crippen molar-refractivity contribution >= 4 is 22.9 Å². The van der Waals surface area contributed by atoms with Gasteiger partial charge in [-0.25, -0.2) is 5.01 Å². The number of hydrogen-bond donors (Lipinski definition) is 1. The van der Waals surface area contributed by atoms with E-state index < -0.39 is 11.5 Å². The number of benzene rings is 4. The van der Waals surface area contributed by atoms with Gasteiger partial charge in [0.1, 0.15) is 0 Å². The van der Waals surface area contributed by atoms with Gasteiger partial charge < -0.3 is 5.11 Å². The number of hydrogen-bond acceptors (Lipinski definition) is 4. The molecule has 4 aromatic carbocycles. The molecule has 0 aliphatic heterocycles. The molecular weight excluding hydrogens is 444 g/mol. The Morgan fingerprint density at radius 2 is 1.22 bits per heavy atom. The third-order valence-corrected chi connectivity index (χ3v) is 6.91. The highest BCUT2D eigenvalue weighted by Gasteiger charge is 2.48. The van der Waals surface area contributed by atoms with E-state index in [0.29, 0.717) is 17.5 Å². The number of Topliss-reactive ketones (excluding diaryl/α,β-unsaturated/α-hetero) is 1. The molecule has 0 unspecified atom stereocenters. The van der Waals surface area contributed by atoms with Crippen molar-refractivity contribution in [2.75, 3.05) is 5.01 Å². The first-order chi connectivity index (χ1) is 17.7. The summed E-state index contributed by atoms with van der Waals surface area (Å²) >= 11 is 0. The van der Waals surface area contributed by atoms with Crippen LogP contribution >= 0.6 is 0 Å². The molecule has 4 nitrogen and oxygen atoms in total. The quantitative estimate of drug-likeness (QED) is 0.229. The summed E-state index contributed by atoms with van der Waals surface area (Å²) in [5.74, 6) is -0.740. The fraction of sp³-hybridized carbons (Fsp3) is 0.188. The van der Waals surface area contributed by atoms with Crippen LogP contribution in [0.15, 0.2) is 126 Å². The maximum absolute atomic E-state index is 14.0. The molecule has 5 rings (SSSR count). The van der Waals surface area contributed by atoms with Crippen LogP contribution < -0.4 is 5.01 Å². The van der Waals surface area contributed by atoms with Gasteiger partial charge in [0, 0.05) is 17.2 Å². The zero-order valence-electron chi connectivity index (χ0n) is 20.2. The van der Waals surface area contributed by atoms with Gasteiger partial charge in [-0.3, -0.25) is 4.79 Å². The third-order valence-electron chi connectivity index (χ3n) is 6.91. The first-order valence-electron chi connectivity index (χ1n) is 12.5. The fourth-order valence-electron chi connectivity index (χ4n) is 5.09. The first kappa shape index (κ1) is 23.7. The maximum atomic E-state index is 14.0. The number of para-hydroxylation sites is 2. The summed E-state index contributed by atoms with van der Waals surface area (Å²) in [4.78, 5) is 14.0. The molecule has 0 amide bonds. The Kier molecular flexibility index (Phi) is 7.06. The number of aliphatic hydroxyl groups is 1. The molecule has 0 radical (unpaired) electrons. The lowest BCUT2D eigenvalue weighted by molar-refractivity contribution is 0.00612. The van der Waals surface area contributed by atoms with E-state index in [-0.39, 0.29) is 5.78 Å². The normalized spacial score (nSPS) is 18.4. The van der Waals surface area contributed by atoms with Crippen molar-refractivity contribution in [2.24, 2.45) is 11.0 Å². The Bertz CT molecular complexity index is 1270. The number of ketones is 1. The molecule has 4 aromatic rings. The molecule has 180 valence electrons. The summed E-state index contributed by atoms with van der Waals surface area (Å²) in [6, 6.07) is 38.4. The monoisotopic (exact) mass is 474 g/mol. The van der Waals surface area contributed by atoms with Crippen molar-refractivity contribution in [1.29, 1.82) is 0 Å². The second kappa shape index (κ2) is 10.7. The van der Waals surface area contributed by atoms with E-state index in [0.717, 1.165) is 36.3 Å². The molecule has 36 heavy (non-hydrogen) atoms. The zero-order chi connectivity index (χ0) is 24.8. The standard InChI is InChI=1S/C32H30N2O2/c35-31(25-15-5-1-6-16-25)32(36,26-17-7-2-8-18-26)29-23-13-14-24-30(29)33-34(27-19-9-3-10-20-27)28-21-11-4-12-22-28/h1-12,15-22,29,36H,13-14,23-24H2/b33-30-/t29-,32+/m1/s1. The van der Waals surface area contributed by atoms with Crippen LogP contribution in [0.4, 0.5) is 11.4 Å². The van der Waals surface area contributed by atoms with E-state index in [4.69, 9.17) is 5.10 Å². The molecule has 2 atom stereocenters. The van der Waals surface area contributed by atoms with Crippen molar-refractivity contribution in [3.05, 3.63) is 132 Å². The lowest BCUT2D eigenvalue weighted by Crippen LogP contribution is -2.48. The summed E-state index contributed by atoms with van der Waals surface area (Å²) in [7, 11) is 0. The van der Waals surface area contributed by atoms with Crippen molar-refractivity contribution in [3.63, 3.8) is 0 Å². The molecule has 1 aliphatic carbocycles. The summed E-state index contributed by atoms with van der Waals surface area (Å²) in [5.41, 5.74) is 2.07. The van der Waals surface area contributed by atoms with E-state index in [1.807, 2.05) is 114 Å². The largest absolute Gasteiger partial charge is 0.376 e. The van der Waals surface area contributed by atoms with Gasteiger partial charge in [0.25, 0.3) is 0 Å². The van der Waals surface area contributed by atoms with Crippen molar-refractivity contribution < 1.29 is 9.90 Å². The molecule has 1 aliphatic rings. The van der Waals surface area contributed by atoms with E-state index in [1.165, 1.54) is 0 Å². The lowest BCUT2D eigenvalue weighted by atomic mass is 9.69. The molecule has 1 fully saturated rings. The smallest absolute Gasteiger partial charge is 0.199 e. The van der Waals surface area contributed by atoms with Crippen LogP contribution in [0.3, 0.4) is 0 Å². The molecule has 0 aromatic heterocycles. The molecular formula is C32H30N2O2. The Balaban J connectivity index is 1.65. The topological polar surface area (TPSA) is 52.9 Å². The van der Waals surface area contributed by atoms with Gasteiger partial charge in [-0.15, -0.1) is 0 Å². The Labute approximate surface area is 212 Å². The molecule has 0 saturated heterocycles. The van der Waals surface area contributed by atoms with E-state index >= 15 is 0 Å². The molecule has 1 saturated carbocycles. The van der Waals surface area contributed by atoms with Gasteiger partial charge in [0.15, 0.2) is 11.4 Å². The first-order valence-corrected chi connectivity index (χ1v) is 12.5. The van der Waals surface area contributed by atoms with Gasteiger partial charge in [-0.1, -0.05) is 103 Å². The summed E-state index contributed by atoms with van der Waals surface area (Å²) in [6.07, 6.45) is 3.30. The summed E-state index contributed by atoms with van der Waals surface area (Å²) in [5, 5.41) is 19.5. The van der Waals surface area contributed by atoms with E-state index in [1.54, 1.807) is 12.1 Å². The number of hydrazone groups is 1. The number of carbonyl (C=O) groups excluding carboxylic acids is 1. The predicted octanol–water partition coefficient (Wildman–Crippen LogP) is 7.14. The minimum absolute atomic E-state index is 0.292. The number of nitrogens with zero attached hydrogens (tertiary/aromatic N) is 2. The Hall–Kier alpha value is -4.02. The molecule has 0 heterocycles. The fourth-order valence-corrected chi connectivity index (χ4v) is 5.09. The SMILES string of the molecule is O=C(c1ccccc1)[C@](O)(c1ccccc1)[C@@H]1CCCC/C1=N/N(c1ccccc1)c1ccccc1. The molecule has 1 N–H and O–H groups in total. The number of carbonyl (C=O) groups is 1. The van der Waals surface area contributed by atoms with Crippen molar-refractivity contribution in [2.45, 2.75) is 31.3 Å². The average molecular weight is 475 g/mol. The zero-order valence-corrected chi connectivity index (χ0v) is 20.2. The van der Waals surface area contributed by atoms with Crippen LogP contribution in [-0.4, -0.2) is 16.6 Å². The average Bonchev–Trinajstić information content (AvgIpc) is 2.97. The third kappa shape index (κ3) is 4.73. The Morgan fingerprint density at radius 3 is 1.78 bits per heavy atom. The van der Waals surface area contributed by atoms with Crippen LogP contribution in [0.5, 0.6) is 0 Å². The van der Waals surface area contributed by atoms with Crippen LogP contribution in [0.25, 0.3) is 0 Å². The molecule has 0 bridgehead atoms. The van der Waals surface area contributed by atoms with Crippen molar-refractivity contribution in [1.82, 2.24) is 0 Å². The van der Waals surface area contributed by atoms with Crippen LogP contribution in [0.2, 0.25) is 0 Å². The van der Waals surface area contributed by atoms with Gasteiger partial charge >= 0.3 is 0 Å². The highest BCUT2D eigenvalue weighted by atomic mass is 16.3.